The molecule has 9 nitrogen and oxygen atoms in total. The Morgan fingerprint density at radius 1 is 1.12 bits per heavy atom. The first kappa shape index (κ1) is 20.7. The van der Waals surface area contributed by atoms with E-state index in [0.29, 0.717) is 16.9 Å². The van der Waals surface area contributed by atoms with Gasteiger partial charge in [-0.3, -0.25) is 14.3 Å². The summed E-state index contributed by atoms with van der Waals surface area (Å²) in [5.74, 6) is 0.464. The highest BCUT2D eigenvalue weighted by Gasteiger charge is 2.23. The number of amides is 2. The van der Waals surface area contributed by atoms with Gasteiger partial charge in [0.05, 0.1) is 12.2 Å². The lowest BCUT2D eigenvalue weighted by atomic mass is 10.0. The van der Waals surface area contributed by atoms with Crippen LogP contribution in [-0.2, 0) is 4.79 Å². The minimum absolute atomic E-state index is 0.113. The zero-order valence-corrected chi connectivity index (χ0v) is 18.2. The van der Waals surface area contributed by atoms with E-state index in [-0.39, 0.29) is 17.8 Å². The maximum Gasteiger partial charge on any atom is 0.248 e. The largest absolute Gasteiger partial charge is 0.452 e. The van der Waals surface area contributed by atoms with E-state index in [0.717, 1.165) is 48.0 Å². The Hall–Kier alpha value is -4.14. The van der Waals surface area contributed by atoms with E-state index in [1.54, 1.807) is 31.3 Å². The Bertz CT molecular complexity index is 1360. The summed E-state index contributed by atoms with van der Waals surface area (Å²) in [6.45, 7) is 3.08. The molecule has 5 rings (SSSR count). The van der Waals surface area contributed by atoms with Crippen molar-refractivity contribution < 1.29 is 14.0 Å². The Morgan fingerprint density at radius 3 is 2.64 bits per heavy atom. The summed E-state index contributed by atoms with van der Waals surface area (Å²) in [5, 5.41) is 5.40. The van der Waals surface area contributed by atoms with Crippen LogP contribution < -0.4 is 11.5 Å². The second kappa shape index (κ2) is 8.09. The molecule has 0 radical (unpaired) electrons. The van der Waals surface area contributed by atoms with Crippen LogP contribution in [0.2, 0.25) is 0 Å². The topological polar surface area (TPSA) is 133 Å². The molecule has 0 bridgehead atoms. The molecule has 1 aliphatic heterocycles. The standard InChI is InChI=1S/C24H24N6O3/c1-14(31)29-7-5-18(6-8-29)30-13-17(11-28-30)20-12-27-23(25)22-19(20)10-21(33-22)15-3-2-4-16(9-15)24(26)32/h2-4,9-13,18H,5-8H2,1H3,(H2,25,27)(H2,26,32). The van der Waals surface area contributed by atoms with E-state index < -0.39 is 5.91 Å². The van der Waals surface area contributed by atoms with Crippen LogP contribution in [0.1, 0.15) is 36.2 Å². The molecule has 2 amide bonds. The quantitative estimate of drug-likeness (QED) is 0.496. The van der Waals surface area contributed by atoms with Gasteiger partial charge in [0.2, 0.25) is 11.8 Å². The van der Waals surface area contributed by atoms with Gasteiger partial charge < -0.3 is 20.8 Å². The number of furan rings is 1. The molecule has 1 saturated heterocycles. The summed E-state index contributed by atoms with van der Waals surface area (Å²) in [6.07, 6.45) is 7.26. The first-order valence-corrected chi connectivity index (χ1v) is 10.8. The number of anilines is 1. The lowest BCUT2D eigenvalue weighted by Gasteiger charge is -2.31. The van der Waals surface area contributed by atoms with Gasteiger partial charge in [-0.2, -0.15) is 5.10 Å². The Labute approximate surface area is 190 Å². The average Bonchev–Trinajstić information content (AvgIpc) is 3.48. The van der Waals surface area contributed by atoms with E-state index in [1.165, 1.54) is 0 Å². The second-order valence-electron chi connectivity index (χ2n) is 8.30. The number of carbonyl (C=O) groups is 2. The number of hydrogen-bond acceptors (Lipinski definition) is 6. The maximum absolute atomic E-state index is 11.6. The zero-order valence-electron chi connectivity index (χ0n) is 18.2. The fraction of sp³-hybridized carbons (Fsp3) is 0.250. The molecule has 1 fully saturated rings. The number of nitrogens with zero attached hydrogens (tertiary/aromatic N) is 4. The van der Waals surface area contributed by atoms with Gasteiger partial charge in [0, 0.05) is 60.0 Å². The SMILES string of the molecule is CC(=O)N1CCC(n2cc(-c3cnc(N)c4oc(-c5cccc(C(N)=O)c5)cc34)cn2)CC1. The molecular formula is C24H24N6O3. The average molecular weight is 444 g/mol. The Morgan fingerprint density at radius 2 is 1.91 bits per heavy atom. The highest BCUT2D eigenvalue weighted by Crippen LogP contribution is 2.37. The van der Waals surface area contributed by atoms with E-state index in [1.807, 2.05) is 34.1 Å². The molecule has 33 heavy (non-hydrogen) atoms. The number of primary amides is 1. The van der Waals surface area contributed by atoms with Crippen molar-refractivity contribution in [1.82, 2.24) is 19.7 Å². The Balaban J connectivity index is 1.49. The summed E-state index contributed by atoms with van der Waals surface area (Å²) in [7, 11) is 0. The number of nitrogens with two attached hydrogens (primary N) is 2. The van der Waals surface area contributed by atoms with Gasteiger partial charge in [-0.25, -0.2) is 4.98 Å². The number of rotatable bonds is 4. The lowest BCUT2D eigenvalue weighted by Crippen LogP contribution is -2.37. The van der Waals surface area contributed by atoms with Gasteiger partial charge in [-0.1, -0.05) is 12.1 Å². The van der Waals surface area contributed by atoms with Crippen LogP contribution in [0.3, 0.4) is 0 Å². The third-order valence-corrected chi connectivity index (χ3v) is 6.22. The molecule has 1 aliphatic rings. The van der Waals surface area contributed by atoms with Gasteiger partial charge in [-0.05, 0) is 31.0 Å². The monoisotopic (exact) mass is 444 g/mol. The summed E-state index contributed by atoms with van der Waals surface area (Å²) in [5.41, 5.74) is 14.9. The third-order valence-electron chi connectivity index (χ3n) is 6.22. The summed E-state index contributed by atoms with van der Waals surface area (Å²) in [6, 6.07) is 9.08. The molecule has 4 heterocycles. The molecule has 0 atom stereocenters. The van der Waals surface area contributed by atoms with E-state index in [2.05, 4.69) is 10.1 Å². The van der Waals surface area contributed by atoms with Crippen LogP contribution in [0.25, 0.3) is 33.4 Å². The van der Waals surface area contributed by atoms with Gasteiger partial charge >= 0.3 is 0 Å². The minimum Gasteiger partial charge on any atom is -0.452 e. The number of hydrogen-bond donors (Lipinski definition) is 2. The molecular weight excluding hydrogens is 420 g/mol. The lowest BCUT2D eigenvalue weighted by molar-refractivity contribution is -0.130. The van der Waals surface area contributed by atoms with Gasteiger partial charge in [0.25, 0.3) is 0 Å². The third kappa shape index (κ3) is 3.82. The van der Waals surface area contributed by atoms with Crippen LogP contribution >= 0.6 is 0 Å². The molecule has 4 aromatic rings. The highest BCUT2D eigenvalue weighted by molar-refractivity contribution is 6.00. The normalized spacial score (nSPS) is 14.6. The van der Waals surface area contributed by atoms with Gasteiger partial charge in [0.15, 0.2) is 11.4 Å². The minimum atomic E-state index is -0.503. The van der Waals surface area contributed by atoms with Crippen molar-refractivity contribution in [3.8, 4) is 22.5 Å². The second-order valence-corrected chi connectivity index (χ2v) is 8.30. The van der Waals surface area contributed by atoms with Crippen molar-refractivity contribution >= 4 is 28.6 Å². The van der Waals surface area contributed by atoms with E-state index in [9.17, 15) is 9.59 Å². The summed E-state index contributed by atoms with van der Waals surface area (Å²) < 4.78 is 8.00. The number of piperidine rings is 1. The number of carbonyl (C=O) groups excluding carboxylic acids is 2. The number of benzene rings is 1. The van der Waals surface area contributed by atoms with Crippen molar-refractivity contribution in [1.29, 1.82) is 0 Å². The van der Waals surface area contributed by atoms with Crippen molar-refractivity contribution in [3.63, 3.8) is 0 Å². The van der Waals surface area contributed by atoms with Gasteiger partial charge in [-0.15, -0.1) is 0 Å². The highest BCUT2D eigenvalue weighted by atomic mass is 16.3. The van der Waals surface area contributed by atoms with Crippen LogP contribution in [0, 0.1) is 0 Å². The predicted octanol–water partition coefficient (Wildman–Crippen LogP) is 3.22. The van der Waals surface area contributed by atoms with E-state index in [4.69, 9.17) is 15.9 Å². The molecule has 0 saturated carbocycles. The molecule has 4 N–H and O–H groups in total. The fourth-order valence-electron chi connectivity index (χ4n) is 4.36. The van der Waals surface area contributed by atoms with Gasteiger partial charge in [0.1, 0.15) is 5.76 Å². The van der Waals surface area contributed by atoms with E-state index >= 15 is 0 Å². The fourth-order valence-corrected chi connectivity index (χ4v) is 4.36. The number of aromatic nitrogens is 3. The molecule has 0 unspecified atom stereocenters. The molecule has 0 spiro atoms. The van der Waals surface area contributed by atoms with Crippen molar-refractivity contribution in [3.05, 3.63) is 54.5 Å². The zero-order chi connectivity index (χ0) is 23.1. The maximum atomic E-state index is 11.6. The molecule has 9 heteroatoms. The number of pyridine rings is 1. The van der Waals surface area contributed by atoms with Crippen LogP contribution in [-0.4, -0.2) is 44.6 Å². The van der Waals surface area contributed by atoms with Crippen LogP contribution in [0.4, 0.5) is 5.82 Å². The Kier molecular flexibility index (Phi) is 5.08. The summed E-state index contributed by atoms with van der Waals surface area (Å²) in [4.78, 5) is 29.3. The first-order chi connectivity index (χ1) is 15.9. The summed E-state index contributed by atoms with van der Waals surface area (Å²) >= 11 is 0. The molecule has 3 aromatic heterocycles. The predicted molar refractivity (Wildman–Crippen MR) is 124 cm³/mol. The molecule has 1 aromatic carbocycles. The number of nitrogen functional groups attached to an aromatic ring is 1. The first-order valence-electron chi connectivity index (χ1n) is 10.8. The smallest absolute Gasteiger partial charge is 0.248 e. The number of fused-ring (bicyclic) bond motifs is 1. The van der Waals surface area contributed by atoms with Crippen molar-refractivity contribution in [2.45, 2.75) is 25.8 Å². The molecule has 0 aliphatic carbocycles. The molecule has 168 valence electrons. The van der Waals surface area contributed by atoms with Crippen LogP contribution in [0.5, 0.6) is 0 Å². The van der Waals surface area contributed by atoms with Crippen molar-refractivity contribution in [2.24, 2.45) is 5.73 Å². The number of likely N-dealkylation sites (tertiary alicyclic amines) is 1. The van der Waals surface area contributed by atoms with Crippen LogP contribution in [0.15, 0.2) is 53.3 Å². The van der Waals surface area contributed by atoms with Crippen molar-refractivity contribution in [2.75, 3.05) is 18.8 Å².